The molecule has 1 aliphatic heterocycles. The topological polar surface area (TPSA) is 127 Å². The first kappa shape index (κ1) is 17.5. The highest BCUT2D eigenvalue weighted by Gasteiger charge is 2.37. The fourth-order valence-corrected chi connectivity index (χ4v) is 2.65. The Balaban J connectivity index is 2.43. The van der Waals surface area contributed by atoms with E-state index in [0.29, 0.717) is 12.8 Å². The van der Waals surface area contributed by atoms with Crippen molar-refractivity contribution in [2.24, 2.45) is 11.5 Å². The van der Waals surface area contributed by atoms with Gasteiger partial charge in [0.1, 0.15) is 6.04 Å². The number of rotatable bonds is 6. The zero-order valence-electron chi connectivity index (χ0n) is 13.2. The minimum absolute atomic E-state index is 0.265. The van der Waals surface area contributed by atoms with Crippen molar-refractivity contribution in [1.29, 1.82) is 0 Å². The van der Waals surface area contributed by atoms with Gasteiger partial charge in [-0.3, -0.25) is 24.2 Å². The predicted molar refractivity (Wildman–Crippen MR) is 85.0 cm³/mol. The summed E-state index contributed by atoms with van der Waals surface area (Å²) in [4.78, 5) is 48.3. The third kappa shape index (κ3) is 3.89. The SMILES string of the molecule is NC(=O)CC(C(N)=O)N(C(=O)c1ccccc1)N1CCCCC1=O. The highest BCUT2D eigenvalue weighted by molar-refractivity contribution is 5.99. The molecule has 0 spiro atoms. The number of piperidine rings is 1. The van der Waals surface area contributed by atoms with Crippen LogP contribution in [0.3, 0.4) is 0 Å². The number of hydrazine groups is 1. The van der Waals surface area contributed by atoms with E-state index in [-0.39, 0.29) is 24.4 Å². The first-order valence-corrected chi connectivity index (χ1v) is 7.68. The van der Waals surface area contributed by atoms with Crippen LogP contribution in [-0.2, 0) is 14.4 Å². The van der Waals surface area contributed by atoms with Crippen LogP contribution < -0.4 is 11.5 Å². The molecule has 0 aromatic heterocycles. The van der Waals surface area contributed by atoms with Crippen molar-refractivity contribution < 1.29 is 19.2 Å². The van der Waals surface area contributed by atoms with E-state index in [0.717, 1.165) is 5.01 Å². The second kappa shape index (κ2) is 7.58. The average molecular weight is 332 g/mol. The molecule has 1 aliphatic rings. The van der Waals surface area contributed by atoms with Crippen LogP contribution in [0.2, 0.25) is 0 Å². The largest absolute Gasteiger partial charge is 0.370 e. The maximum Gasteiger partial charge on any atom is 0.273 e. The molecule has 0 radical (unpaired) electrons. The zero-order valence-corrected chi connectivity index (χ0v) is 13.2. The van der Waals surface area contributed by atoms with Gasteiger partial charge in [-0.1, -0.05) is 18.2 Å². The van der Waals surface area contributed by atoms with Crippen molar-refractivity contribution in [3.8, 4) is 0 Å². The summed E-state index contributed by atoms with van der Waals surface area (Å²) in [5.74, 6) is -2.54. The number of amides is 4. The number of benzene rings is 1. The summed E-state index contributed by atoms with van der Waals surface area (Å²) < 4.78 is 0. The molecule has 1 saturated heterocycles. The summed E-state index contributed by atoms with van der Waals surface area (Å²) >= 11 is 0. The van der Waals surface area contributed by atoms with Gasteiger partial charge in [0.2, 0.25) is 17.7 Å². The van der Waals surface area contributed by atoms with Crippen molar-refractivity contribution in [2.75, 3.05) is 6.54 Å². The van der Waals surface area contributed by atoms with Gasteiger partial charge < -0.3 is 11.5 Å². The smallest absolute Gasteiger partial charge is 0.273 e. The molecule has 8 nitrogen and oxygen atoms in total. The fourth-order valence-electron chi connectivity index (χ4n) is 2.65. The van der Waals surface area contributed by atoms with Crippen LogP contribution >= 0.6 is 0 Å². The second-order valence-electron chi connectivity index (χ2n) is 5.58. The Morgan fingerprint density at radius 2 is 1.79 bits per heavy atom. The van der Waals surface area contributed by atoms with Crippen molar-refractivity contribution in [3.63, 3.8) is 0 Å². The molecular formula is C16H20N4O4. The lowest BCUT2D eigenvalue weighted by Crippen LogP contribution is -2.60. The number of nitrogens with two attached hydrogens (primary N) is 2. The Morgan fingerprint density at radius 1 is 1.12 bits per heavy atom. The molecule has 24 heavy (non-hydrogen) atoms. The molecule has 8 heteroatoms. The van der Waals surface area contributed by atoms with Gasteiger partial charge in [0.05, 0.1) is 6.42 Å². The van der Waals surface area contributed by atoms with Crippen LogP contribution in [0, 0.1) is 0 Å². The van der Waals surface area contributed by atoms with Crippen molar-refractivity contribution in [1.82, 2.24) is 10.0 Å². The fraction of sp³-hybridized carbons (Fsp3) is 0.375. The van der Waals surface area contributed by atoms with Gasteiger partial charge in [0, 0.05) is 18.5 Å². The molecule has 0 bridgehead atoms. The minimum Gasteiger partial charge on any atom is -0.370 e. The Kier molecular flexibility index (Phi) is 5.51. The Morgan fingerprint density at radius 3 is 2.33 bits per heavy atom. The van der Waals surface area contributed by atoms with Crippen LogP contribution in [0.1, 0.15) is 36.0 Å². The number of carbonyl (C=O) groups excluding carboxylic acids is 4. The third-order valence-electron chi connectivity index (χ3n) is 3.81. The lowest BCUT2D eigenvalue weighted by atomic mass is 10.1. The highest BCUT2D eigenvalue weighted by Crippen LogP contribution is 2.20. The number of carbonyl (C=O) groups is 4. The first-order chi connectivity index (χ1) is 11.4. The van der Waals surface area contributed by atoms with E-state index in [1.807, 2.05) is 0 Å². The summed E-state index contributed by atoms with van der Waals surface area (Å²) in [6.45, 7) is 0.278. The molecular weight excluding hydrogens is 312 g/mol. The van der Waals surface area contributed by atoms with Crippen LogP contribution in [0.4, 0.5) is 0 Å². The number of hydrogen-bond acceptors (Lipinski definition) is 4. The Bertz CT molecular complexity index is 647. The van der Waals surface area contributed by atoms with Gasteiger partial charge in [0.25, 0.3) is 5.91 Å². The zero-order chi connectivity index (χ0) is 17.7. The van der Waals surface area contributed by atoms with E-state index in [9.17, 15) is 19.2 Å². The maximum absolute atomic E-state index is 12.9. The summed E-state index contributed by atoms with van der Waals surface area (Å²) in [6, 6.07) is 6.88. The molecule has 1 aromatic carbocycles. The molecule has 2 rings (SSSR count). The van der Waals surface area contributed by atoms with Gasteiger partial charge in [-0.25, -0.2) is 5.01 Å². The van der Waals surface area contributed by atoms with Gasteiger partial charge in [0.15, 0.2) is 0 Å². The summed E-state index contributed by atoms with van der Waals surface area (Å²) in [5, 5.41) is 2.20. The van der Waals surface area contributed by atoms with Crippen molar-refractivity contribution in [2.45, 2.75) is 31.7 Å². The molecule has 4 N–H and O–H groups in total. The lowest BCUT2D eigenvalue weighted by molar-refractivity contribution is -0.155. The summed E-state index contributed by atoms with van der Waals surface area (Å²) in [7, 11) is 0. The van der Waals surface area contributed by atoms with E-state index in [1.54, 1.807) is 30.3 Å². The van der Waals surface area contributed by atoms with E-state index in [4.69, 9.17) is 11.5 Å². The van der Waals surface area contributed by atoms with Crippen LogP contribution in [0.5, 0.6) is 0 Å². The van der Waals surface area contributed by atoms with E-state index < -0.39 is 30.2 Å². The molecule has 1 unspecified atom stereocenters. The molecule has 1 atom stereocenters. The Labute approximate surface area is 139 Å². The lowest BCUT2D eigenvalue weighted by Gasteiger charge is -2.40. The number of hydrogen-bond donors (Lipinski definition) is 2. The molecule has 1 fully saturated rings. The minimum atomic E-state index is -1.31. The highest BCUT2D eigenvalue weighted by atomic mass is 16.2. The predicted octanol–water partition coefficient (Wildman–Crippen LogP) is -0.214. The Hall–Kier alpha value is -2.90. The van der Waals surface area contributed by atoms with Gasteiger partial charge in [-0.2, -0.15) is 0 Å². The van der Waals surface area contributed by atoms with E-state index >= 15 is 0 Å². The van der Waals surface area contributed by atoms with E-state index in [1.165, 1.54) is 5.01 Å². The molecule has 1 aromatic rings. The quantitative estimate of drug-likeness (QED) is 0.747. The standard InChI is InChI=1S/C16H20N4O4/c17-13(21)10-12(15(18)23)20(19-9-5-4-8-14(19)22)16(24)11-6-2-1-3-7-11/h1-3,6-7,12H,4-5,8-10H2,(H2,17,21)(H2,18,23). The van der Waals surface area contributed by atoms with Crippen LogP contribution in [0.25, 0.3) is 0 Å². The normalized spacial score (nSPS) is 15.7. The second-order valence-corrected chi connectivity index (χ2v) is 5.58. The number of nitrogens with zero attached hydrogens (tertiary/aromatic N) is 2. The number of primary amides is 2. The molecule has 0 aliphatic carbocycles. The molecule has 0 saturated carbocycles. The molecule has 1 heterocycles. The van der Waals surface area contributed by atoms with E-state index in [2.05, 4.69) is 0 Å². The third-order valence-corrected chi connectivity index (χ3v) is 3.81. The van der Waals surface area contributed by atoms with Crippen molar-refractivity contribution in [3.05, 3.63) is 35.9 Å². The van der Waals surface area contributed by atoms with Crippen LogP contribution in [-0.4, -0.2) is 46.2 Å². The van der Waals surface area contributed by atoms with Gasteiger partial charge in [-0.05, 0) is 25.0 Å². The summed E-state index contributed by atoms with van der Waals surface area (Å²) in [5.41, 5.74) is 10.8. The first-order valence-electron chi connectivity index (χ1n) is 7.68. The van der Waals surface area contributed by atoms with Crippen LogP contribution in [0.15, 0.2) is 30.3 Å². The maximum atomic E-state index is 12.9. The molecule has 128 valence electrons. The monoisotopic (exact) mass is 332 g/mol. The van der Waals surface area contributed by atoms with Crippen molar-refractivity contribution >= 4 is 23.6 Å². The van der Waals surface area contributed by atoms with Gasteiger partial charge in [-0.15, -0.1) is 0 Å². The van der Waals surface area contributed by atoms with Gasteiger partial charge >= 0.3 is 0 Å². The average Bonchev–Trinajstić information content (AvgIpc) is 2.56. The molecule has 4 amide bonds. The summed E-state index contributed by atoms with van der Waals surface area (Å²) in [6.07, 6.45) is 1.21.